The van der Waals surface area contributed by atoms with Crippen LogP contribution in [0.5, 0.6) is 5.75 Å². The van der Waals surface area contributed by atoms with E-state index >= 15 is 0 Å². The van der Waals surface area contributed by atoms with Gasteiger partial charge in [0, 0.05) is 6.20 Å². The van der Waals surface area contributed by atoms with E-state index in [-0.39, 0.29) is 22.8 Å². The largest absolute Gasteiger partial charge is 2.00 e. The number of benzene rings is 2. The summed E-state index contributed by atoms with van der Waals surface area (Å²) in [7, 11) is 1.30. The van der Waals surface area contributed by atoms with Crippen molar-refractivity contribution in [3.05, 3.63) is 60.8 Å². The number of rotatable bonds is 1. The molecule has 0 saturated carbocycles. The van der Waals surface area contributed by atoms with Crippen LogP contribution in [0.15, 0.2) is 60.8 Å². The van der Waals surface area contributed by atoms with E-state index in [1.54, 1.807) is 12.3 Å². The van der Waals surface area contributed by atoms with Gasteiger partial charge in [-0.3, -0.25) is 10.3 Å². The van der Waals surface area contributed by atoms with E-state index in [9.17, 15) is 9.90 Å². The molecule has 0 fully saturated rings. The summed E-state index contributed by atoms with van der Waals surface area (Å²) in [5.74, 6) is 0.376. The van der Waals surface area contributed by atoms with E-state index in [1.165, 1.54) is 13.2 Å². The molecule has 0 saturated heterocycles. The Morgan fingerprint density at radius 2 is 1.88 bits per heavy atom. The fourth-order valence-electron chi connectivity index (χ4n) is 2.24. The molecule has 2 aromatic carbocycles. The molecule has 0 aliphatic heterocycles. The Labute approximate surface area is 159 Å². The van der Waals surface area contributed by atoms with Gasteiger partial charge in [-0.05, 0) is 23.6 Å². The zero-order chi connectivity index (χ0) is 17.6. The SMILES string of the molecule is COC(=O)Nc1nc2ccccc2[nH]1.[Cu+2].[O-]c1cccc2cccnc12. The Balaban J connectivity index is 0.000000184. The van der Waals surface area contributed by atoms with Crippen LogP contribution in [0.25, 0.3) is 21.9 Å². The average molecular weight is 399 g/mol. The van der Waals surface area contributed by atoms with Crippen molar-refractivity contribution < 1.29 is 31.7 Å². The minimum absolute atomic E-state index is 0. The standard InChI is InChI=1S/C9H9N3O2.C9H7NO.Cu/c1-14-9(13)12-8-10-6-4-2-3-5-7(6)11-8;11-8-5-1-3-7-4-2-6-10-9(7)8;/h2-5H,1H3,(H2,10,11,12,13);1-6,11H;/q;;+2/p-1. The van der Waals surface area contributed by atoms with Crippen molar-refractivity contribution in [1.82, 2.24) is 15.0 Å². The van der Waals surface area contributed by atoms with Crippen LogP contribution >= 0.6 is 0 Å². The minimum atomic E-state index is -0.538. The third-order valence-corrected chi connectivity index (χ3v) is 3.39. The molecule has 26 heavy (non-hydrogen) atoms. The van der Waals surface area contributed by atoms with Crippen LogP contribution in [-0.2, 0) is 21.8 Å². The molecule has 0 aliphatic rings. The van der Waals surface area contributed by atoms with Crippen LogP contribution in [0.4, 0.5) is 10.7 Å². The summed E-state index contributed by atoms with van der Waals surface area (Å²) in [5, 5.41) is 14.5. The van der Waals surface area contributed by atoms with Crippen LogP contribution in [-0.4, -0.2) is 28.2 Å². The number of amides is 1. The van der Waals surface area contributed by atoms with Crippen molar-refractivity contribution in [1.29, 1.82) is 0 Å². The van der Waals surface area contributed by atoms with Crippen LogP contribution < -0.4 is 10.4 Å². The number of nitrogens with one attached hydrogen (secondary N) is 2. The molecule has 0 unspecified atom stereocenters. The summed E-state index contributed by atoms with van der Waals surface area (Å²) in [6.45, 7) is 0. The molecule has 1 amide bonds. The summed E-state index contributed by atoms with van der Waals surface area (Å²) in [5.41, 5.74) is 2.23. The first-order chi connectivity index (χ1) is 12.2. The molecule has 4 aromatic rings. The Hall–Kier alpha value is -3.09. The van der Waals surface area contributed by atoms with Gasteiger partial charge in [-0.2, -0.15) is 0 Å². The number of hydrogen-bond acceptors (Lipinski definition) is 5. The Morgan fingerprint density at radius 1 is 1.12 bits per heavy atom. The average Bonchev–Trinajstić information content (AvgIpc) is 3.05. The number of hydrogen-bond donors (Lipinski definition) is 2. The predicted molar refractivity (Wildman–Crippen MR) is 93.3 cm³/mol. The van der Waals surface area contributed by atoms with Gasteiger partial charge in [0.05, 0.1) is 23.7 Å². The van der Waals surface area contributed by atoms with E-state index in [2.05, 4.69) is 25.0 Å². The van der Waals surface area contributed by atoms with Gasteiger partial charge in [0.2, 0.25) is 5.95 Å². The van der Waals surface area contributed by atoms with E-state index in [0.717, 1.165) is 16.4 Å². The second-order valence-electron chi connectivity index (χ2n) is 5.05. The van der Waals surface area contributed by atoms with Crippen LogP contribution in [0.2, 0.25) is 0 Å². The number of carbonyl (C=O) groups is 1. The predicted octanol–water partition coefficient (Wildman–Crippen LogP) is 3.05. The molecule has 7 nitrogen and oxygen atoms in total. The number of pyridine rings is 1. The summed E-state index contributed by atoms with van der Waals surface area (Å²) in [6, 6.07) is 16.4. The van der Waals surface area contributed by atoms with E-state index in [0.29, 0.717) is 11.5 Å². The van der Waals surface area contributed by atoms with Crippen LogP contribution in [0.3, 0.4) is 0 Å². The summed E-state index contributed by atoms with van der Waals surface area (Å²) in [4.78, 5) is 21.9. The molecule has 0 atom stereocenters. The number of anilines is 1. The van der Waals surface area contributed by atoms with Gasteiger partial charge in [-0.1, -0.05) is 42.1 Å². The molecular formula is C18H15CuN4O3+. The van der Waals surface area contributed by atoms with Gasteiger partial charge >= 0.3 is 23.2 Å². The maximum absolute atomic E-state index is 11.1. The molecule has 0 bridgehead atoms. The number of aromatic nitrogens is 3. The Kier molecular flexibility index (Phi) is 6.54. The zero-order valence-electron chi connectivity index (χ0n) is 13.7. The van der Waals surface area contributed by atoms with E-state index in [4.69, 9.17) is 0 Å². The number of imidazole rings is 1. The van der Waals surface area contributed by atoms with Crippen molar-refractivity contribution in [3.8, 4) is 5.75 Å². The summed E-state index contributed by atoms with van der Waals surface area (Å²) >= 11 is 0. The first-order valence-corrected chi connectivity index (χ1v) is 7.48. The quantitative estimate of drug-likeness (QED) is 0.479. The molecule has 2 aromatic heterocycles. The molecular weight excluding hydrogens is 384 g/mol. The molecule has 2 heterocycles. The molecule has 1 radical (unpaired) electrons. The van der Waals surface area contributed by atoms with Crippen molar-refractivity contribution >= 4 is 34.0 Å². The smallest absolute Gasteiger partial charge is 0.871 e. The molecule has 8 heteroatoms. The number of H-pyrrole nitrogens is 1. The fourth-order valence-corrected chi connectivity index (χ4v) is 2.24. The zero-order valence-corrected chi connectivity index (χ0v) is 14.6. The number of nitrogens with zero attached hydrogens (tertiary/aromatic N) is 2. The third-order valence-electron chi connectivity index (χ3n) is 3.39. The molecule has 0 aliphatic carbocycles. The van der Waals surface area contributed by atoms with Gasteiger partial charge in [0.15, 0.2) is 0 Å². The number of aromatic amines is 1. The van der Waals surface area contributed by atoms with Crippen molar-refractivity contribution in [2.24, 2.45) is 0 Å². The minimum Gasteiger partial charge on any atom is -0.871 e. The summed E-state index contributed by atoms with van der Waals surface area (Å²) < 4.78 is 4.44. The molecule has 4 rings (SSSR count). The first kappa shape index (κ1) is 19.2. The summed E-state index contributed by atoms with van der Waals surface area (Å²) in [6.07, 6.45) is 1.09. The van der Waals surface area contributed by atoms with Crippen LogP contribution in [0, 0.1) is 0 Å². The second-order valence-corrected chi connectivity index (χ2v) is 5.05. The van der Waals surface area contributed by atoms with Crippen molar-refractivity contribution in [2.75, 3.05) is 12.4 Å². The number of fused-ring (bicyclic) bond motifs is 2. The van der Waals surface area contributed by atoms with Gasteiger partial charge in [0.1, 0.15) is 0 Å². The molecule has 2 N–H and O–H groups in total. The monoisotopic (exact) mass is 398 g/mol. The second kappa shape index (κ2) is 8.84. The topological polar surface area (TPSA) is 103 Å². The van der Waals surface area contributed by atoms with E-state index < -0.39 is 6.09 Å². The van der Waals surface area contributed by atoms with E-state index in [1.807, 2.05) is 42.5 Å². The van der Waals surface area contributed by atoms with Gasteiger partial charge in [-0.15, -0.1) is 0 Å². The van der Waals surface area contributed by atoms with Gasteiger partial charge in [-0.25, -0.2) is 9.78 Å². The maximum atomic E-state index is 11.1. The first-order valence-electron chi connectivity index (χ1n) is 7.48. The third kappa shape index (κ3) is 4.50. The van der Waals surface area contributed by atoms with Gasteiger partial charge < -0.3 is 14.8 Å². The number of carbonyl (C=O) groups excluding carboxylic acids is 1. The fraction of sp³-hybridized carbons (Fsp3) is 0.0556. The molecule has 0 spiro atoms. The van der Waals surface area contributed by atoms with Crippen LogP contribution in [0.1, 0.15) is 0 Å². The normalized spacial score (nSPS) is 9.73. The number of ether oxygens (including phenoxy) is 1. The number of para-hydroxylation sites is 3. The van der Waals surface area contributed by atoms with Gasteiger partial charge in [0.25, 0.3) is 0 Å². The Bertz CT molecular complexity index is 981. The van der Waals surface area contributed by atoms with Crippen molar-refractivity contribution in [3.63, 3.8) is 0 Å². The van der Waals surface area contributed by atoms with Crippen molar-refractivity contribution in [2.45, 2.75) is 0 Å². The Morgan fingerprint density at radius 3 is 2.62 bits per heavy atom. The number of methoxy groups -OCH3 is 1. The maximum Gasteiger partial charge on any atom is 2.00 e. The molecule has 135 valence electrons.